The number of fused-ring (bicyclic) bond motifs is 1. The van der Waals surface area contributed by atoms with Gasteiger partial charge < -0.3 is 0 Å². The fourth-order valence-corrected chi connectivity index (χ4v) is 4.81. The Labute approximate surface area is 128 Å². The van der Waals surface area contributed by atoms with E-state index in [1.807, 2.05) is 11.4 Å². The molecule has 0 aliphatic carbocycles. The molecule has 1 aromatic heterocycles. The number of benzene rings is 1. The Morgan fingerprint density at radius 1 is 1.29 bits per heavy atom. The van der Waals surface area contributed by atoms with E-state index in [0.717, 1.165) is 12.0 Å². The summed E-state index contributed by atoms with van der Waals surface area (Å²) in [5.41, 5.74) is 1.50. The van der Waals surface area contributed by atoms with Gasteiger partial charge in [0.1, 0.15) is 0 Å². The van der Waals surface area contributed by atoms with Gasteiger partial charge in [-0.15, -0.1) is 11.3 Å². The highest BCUT2D eigenvalue weighted by Gasteiger charge is 2.29. The third-order valence-electron chi connectivity index (χ3n) is 3.65. The van der Waals surface area contributed by atoms with Crippen LogP contribution < -0.4 is 0 Å². The van der Waals surface area contributed by atoms with E-state index in [0.29, 0.717) is 18.7 Å². The zero-order valence-electron chi connectivity index (χ0n) is 11.6. The molecule has 0 radical (unpaired) electrons. The molecule has 0 saturated heterocycles. The predicted octanol–water partition coefficient (Wildman–Crippen LogP) is 2.70. The number of thiophene rings is 1. The first-order chi connectivity index (χ1) is 9.98. The number of hydrogen-bond acceptors (Lipinski definition) is 4. The van der Waals surface area contributed by atoms with Crippen molar-refractivity contribution in [3.63, 3.8) is 0 Å². The van der Waals surface area contributed by atoms with Gasteiger partial charge >= 0.3 is 0 Å². The maximum Gasteiger partial charge on any atom is 0.243 e. The summed E-state index contributed by atoms with van der Waals surface area (Å²) in [5, 5.41) is 2.00. The predicted molar refractivity (Wildman–Crippen MR) is 82.1 cm³/mol. The number of rotatable bonds is 3. The Bertz CT molecular complexity index is 793. The molecule has 0 unspecified atom stereocenters. The molecule has 1 aromatic carbocycles. The molecule has 0 saturated carbocycles. The Hall–Kier alpha value is -1.50. The van der Waals surface area contributed by atoms with Crippen LogP contribution in [0.15, 0.2) is 40.6 Å². The normalized spacial score (nSPS) is 15.7. The van der Waals surface area contributed by atoms with Gasteiger partial charge in [0, 0.05) is 23.5 Å². The highest BCUT2D eigenvalue weighted by Crippen LogP contribution is 2.28. The van der Waals surface area contributed by atoms with Gasteiger partial charge in [-0.1, -0.05) is 12.1 Å². The lowest BCUT2D eigenvalue weighted by Gasteiger charge is -2.26. The molecule has 1 aliphatic heterocycles. The molecule has 110 valence electrons. The number of carbonyl (C=O) groups excluding carboxylic acids is 1. The van der Waals surface area contributed by atoms with E-state index in [1.54, 1.807) is 29.5 Å². The van der Waals surface area contributed by atoms with Crippen molar-refractivity contribution < 1.29 is 13.2 Å². The second-order valence-corrected chi connectivity index (χ2v) is 7.98. The van der Waals surface area contributed by atoms with Crippen molar-refractivity contribution in [3.8, 4) is 0 Å². The molecule has 4 nitrogen and oxygen atoms in total. The van der Waals surface area contributed by atoms with Crippen LogP contribution in [0.4, 0.5) is 0 Å². The molecule has 3 rings (SSSR count). The molecule has 0 amide bonds. The van der Waals surface area contributed by atoms with Crippen LogP contribution in [-0.4, -0.2) is 25.1 Å². The van der Waals surface area contributed by atoms with Crippen LogP contribution >= 0.6 is 11.3 Å². The highest BCUT2D eigenvalue weighted by molar-refractivity contribution is 7.89. The van der Waals surface area contributed by atoms with Crippen LogP contribution in [-0.2, 0) is 23.0 Å². The van der Waals surface area contributed by atoms with Gasteiger partial charge in [-0.05, 0) is 42.5 Å². The van der Waals surface area contributed by atoms with E-state index in [1.165, 1.54) is 22.2 Å². The Morgan fingerprint density at radius 2 is 2.10 bits per heavy atom. The van der Waals surface area contributed by atoms with E-state index in [-0.39, 0.29) is 10.7 Å². The number of sulfonamides is 1. The van der Waals surface area contributed by atoms with Crippen molar-refractivity contribution >= 4 is 27.1 Å². The largest absolute Gasteiger partial charge is 0.295 e. The van der Waals surface area contributed by atoms with Crippen LogP contribution in [0, 0.1) is 0 Å². The monoisotopic (exact) mass is 321 g/mol. The van der Waals surface area contributed by atoms with Crippen molar-refractivity contribution in [3.05, 3.63) is 51.7 Å². The smallest absolute Gasteiger partial charge is 0.243 e. The first-order valence-electron chi connectivity index (χ1n) is 6.65. The summed E-state index contributed by atoms with van der Waals surface area (Å²) in [4.78, 5) is 12.9. The lowest BCUT2D eigenvalue weighted by molar-refractivity contribution is 0.101. The summed E-state index contributed by atoms with van der Waals surface area (Å²) in [6, 6.07) is 8.23. The third kappa shape index (κ3) is 2.66. The molecule has 0 spiro atoms. The number of carbonyl (C=O) groups is 1. The summed E-state index contributed by atoms with van der Waals surface area (Å²) in [5.74, 6) is -0.134. The SMILES string of the molecule is CC(=O)c1cccc(S(=O)(=O)N2CCc3sccc3C2)c1. The van der Waals surface area contributed by atoms with Crippen LogP contribution in [0.2, 0.25) is 0 Å². The first kappa shape index (κ1) is 14.4. The van der Waals surface area contributed by atoms with E-state index in [2.05, 4.69) is 0 Å². The Kier molecular flexibility index (Phi) is 3.69. The molecule has 21 heavy (non-hydrogen) atoms. The maximum absolute atomic E-state index is 12.7. The fraction of sp³-hybridized carbons (Fsp3) is 0.267. The van der Waals surface area contributed by atoms with Gasteiger partial charge in [-0.3, -0.25) is 4.79 Å². The first-order valence-corrected chi connectivity index (χ1v) is 8.97. The molecular weight excluding hydrogens is 306 g/mol. The summed E-state index contributed by atoms with van der Waals surface area (Å²) in [6.45, 7) is 2.33. The van der Waals surface area contributed by atoms with E-state index in [4.69, 9.17) is 0 Å². The van der Waals surface area contributed by atoms with Gasteiger partial charge in [0.15, 0.2) is 5.78 Å². The molecule has 2 heterocycles. The topological polar surface area (TPSA) is 54.5 Å². The van der Waals surface area contributed by atoms with Gasteiger partial charge in [0.05, 0.1) is 4.90 Å². The van der Waals surface area contributed by atoms with Crippen LogP contribution in [0.25, 0.3) is 0 Å². The van der Waals surface area contributed by atoms with E-state index >= 15 is 0 Å². The minimum absolute atomic E-state index is 0.134. The molecule has 0 bridgehead atoms. The van der Waals surface area contributed by atoms with Crippen molar-refractivity contribution in [1.29, 1.82) is 0 Å². The number of Topliss-reactive ketones (excluding diaryl/α,β-unsaturated/α-hetero) is 1. The zero-order valence-corrected chi connectivity index (χ0v) is 13.2. The summed E-state index contributed by atoms with van der Waals surface area (Å²) in [7, 11) is -3.55. The maximum atomic E-state index is 12.7. The lowest BCUT2D eigenvalue weighted by atomic mass is 10.1. The van der Waals surface area contributed by atoms with Gasteiger partial charge in [-0.2, -0.15) is 4.31 Å². The van der Waals surface area contributed by atoms with Gasteiger partial charge in [0.25, 0.3) is 0 Å². The molecule has 0 fully saturated rings. The van der Waals surface area contributed by atoms with Crippen molar-refractivity contribution in [1.82, 2.24) is 4.31 Å². The van der Waals surface area contributed by atoms with Crippen molar-refractivity contribution in [2.45, 2.75) is 24.8 Å². The van der Waals surface area contributed by atoms with E-state index in [9.17, 15) is 13.2 Å². The molecular formula is C15H15NO3S2. The highest BCUT2D eigenvalue weighted by atomic mass is 32.2. The molecule has 6 heteroatoms. The quantitative estimate of drug-likeness (QED) is 0.817. The number of nitrogens with zero attached hydrogens (tertiary/aromatic N) is 1. The lowest BCUT2D eigenvalue weighted by Crippen LogP contribution is -2.35. The fourth-order valence-electron chi connectivity index (χ4n) is 2.45. The summed E-state index contributed by atoms with van der Waals surface area (Å²) >= 11 is 1.67. The Balaban J connectivity index is 1.94. The zero-order chi connectivity index (χ0) is 15.0. The van der Waals surface area contributed by atoms with Crippen LogP contribution in [0.5, 0.6) is 0 Å². The molecule has 2 aromatic rings. The van der Waals surface area contributed by atoms with Gasteiger partial charge in [0.2, 0.25) is 10.0 Å². The average Bonchev–Trinajstić information content (AvgIpc) is 2.94. The van der Waals surface area contributed by atoms with Crippen LogP contribution in [0.1, 0.15) is 27.7 Å². The van der Waals surface area contributed by atoms with Gasteiger partial charge in [-0.25, -0.2) is 8.42 Å². The summed E-state index contributed by atoms with van der Waals surface area (Å²) < 4.78 is 26.9. The standard InChI is InChI=1S/C15H15NO3S2/c1-11(17)12-3-2-4-14(9-12)21(18,19)16-7-5-15-13(10-16)6-8-20-15/h2-4,6,8-9H,5,7,10H2,1H3. The Morgan fingerprint density at radius 3 is 2.86 bits per heavy atom. The van der Waals surface area contributed by atoms with Crippen molar-refractivity contribution in [2.75, 3.05) is 6.54 Å². The molecule has 0 N–H and O–H groups in total. The number of ketones is 1. The van der Waals surface area contributed by atoms with Crippen LogP contribution in [0.3, 0.4) is 0 Å². The van der Waals surface area contributed by atoms with E-state index < -0.39 is 10.0 Å². The third-order valence-corrected chi connectivity index (χ3v) is 6.52. The minimum atomic E-state index is -3.55. The minimum Gasteiger partial charge on any atom is -0.295 e. The molecule has 1 aliphatic rings. The number of hydrogen-bond donors (Lipinski definition) is 0. The van der Waals surface area contributed by atoms with Crippen molar-refractivity contribution in [2.24, 2.45) is 0 Å². The second-order valence-electron chi connectivity index (χ2n) is 5.04. The summed E-state index contributed by atoms with van der Waals surface area (Å²) in [6.07, 6.45) is 0.749. The second kappa shape index (κ2) is 5.36. The molecule has 0 atom stereocenters. The average molecular weight is 321 g/mol.